The van der Waals surface area contributed by atoms with Gasteiger partial charge in [0.25, 0.3) is 0 Å². The second-order valence-electron chi connectivity index (χ2n) is 3.92. The summed E-state index contributed by atoms with van der Waals surface area (Å²) in [7, 11) is 0. The minimum Gasteiger partial charge on any atom is -0.464 e. The predicted octanol–water partition coefficient (Wildman–Crippen LogP) is 1.88. The molecule has 1 saturated carbocycles. The third kappa shape index (κ3) is 2.19. The van der Waals surface area contributed by atoms with Gasteiger partial charge >= 0.3 is 5.97 Å². The van der Waals surface area contributed by atoms with Gasteiger partial charge in [0.15, 0.2) is 0 Å². The molecule has 1 aliphatic carbocycles. The molecule has 1 heterocycles. The first-order valence-electron chi connectivity index (χ1n) is 5.44. The third-order valence-electron chi connectivity index (χ3n) is 2.65. The quantitative estimate of drug-likeness (QED) is 0.710. The lowest BCUT2D eigenvalue weighted by Crippen LogP contribution is -2.19. The van der Waals surface area contributed by atoms with E-state index in [1.807, 2.05) is 26.1 Å². The summed E-state index contributed by atoms with van der Waals surface area (Å²) in [6.45, 7) is 4.03. The van der Waals surface area contributed by atoms with Gasteiger partial charge in [-0.25, -0.2) is 4.79 Å². The summed E-state index contributed by atoms with van der Waals surface area (Å²) in [6.07, 6.45) is 4.31. The number of rotatable bonds is 4. The molecule has 1 aliphatic rings. The van der Waals surface area contributed by atoms with Crippen molar-refractivity contribution in [3.8, 4) is 0 Å². The lowest BCUT2D eigenvalue weighted by atomic mass is 10.3. The molecule has 0 aromatic carbocycles. The Balaban J connectivity index is 2.04. The van der Waals surface area contributed by atoms with Gasteiger partial charge in [-0.2, -0.15) is 5.10 Å². The van der Waals surface area contributed by atoms with Crippen LogP contribution >= 0.6 is 0 Å². The van der Waals surface area contributed by atoms with Crippen molar-refractivity contribution in [1.29, 1.82) is 0 Å². The minimum absolute atomic E-state index is 0.219. The summed E-state index contributed by atoms with van der Waals surface area (Å²) >= 11 is 0. The van der Waals surface area contributed by atoms with E-state index in [1.54, 1.807) is 4.68 Å². The SMILES string of the molecule is CCOC(=O)[C@H](C)n1ccc(C2CC2)n1. The summed E-state index contributed by atoms with van der Waals surface area (Å²) in [5.74, 6) is 0.406. The van der Waals surface area contributed by atoms with E-state index in [0.29, 0.717) is 12.5 Å². The first kappa shape index (κ1) is 10.2. The standard InChI is InChI=1S/C11H16N2O2/c1-3-15-11(14)8(2)13-7-6-10(12-13)9-4-5-9/h6-9H,3-5H2,1-2H3/t8-/m0/s1. The highest BCUT2D eigenvalue weighted by atomic mass is 16.5. The Morgan fingerprint density at radius 2 is 2.47 bits per heavy atom. The van der Waals surface area contributed by atoms with E-state index < -0.39 is 0 Å². The molecule has 4 heteroatoms. The lowest BCUT2D eigenvalue weighted by Gasteiger charge is -2.10. The molecule has 0 bridgehead atoms. The number of hydrogen-bond acceptors (Lipinski definition) is 3. The zero-order valence-corrected chi connectivity index (χ0v) is 9.14. The zero-order chi connectivity index (χ0) is 10.8. The normalized spacial score (nSPS) is 17.5. The summed E-state index contributed by atoms with van der Waals surface area (Å²) < 4.78 is 6.63. The Kier molecular flexibility index (Phi) is 2.75. The highest BCUT2D eigenvalue weighted by molar-refractivity contribution is 5.73. The Morgan fingerprint density at radius 3 is 3.07 bits per heavy atom. The molecule has 4 nitrogen and oxygen atoms in total. The van der Waals surface area contributed by atoms with Crippen LogP contribution in [0.4, 0.5) is 0 Å². The lowest BCUT2D eigenvalue weighted by molar-refractivity contribution is -0.146. The summed E-state index contributed by atoms with van der Waals surface area (Å²) in [5.41, 5.74) is 1.10. The van der Waals surface area contributed by atoms with Gasteiger partial charge in [0.05, 0.1) is 12.3 Å². The Labute approximate surface area is 89.2 Å². The maximum atomic E-state index is 11.5. The molecule has 2 rings (SSSR count). The molecule has 15 heavy (non-hydrogen) atoms. The topological polar surface area (TPSA) is 44.1 Å². The van der Waals surface area contributed by atoms with Crippen LogP contribution in [0, 0.1) is 0 Å². The van der Waals surface area contributed by atoms with E-state index in [-0.39, 0.29) is 12.0 Å². The van der Waals surface area contributed by atoms with Crippen molar-refractivity contribution in [1.82, 2.24) is 9.78 Å². The molecule has 0 aliphatic heterocycles. The second-order valence-corrected chi connectivity index (χ2v) is 3.92. The Bertz CT molecular complexity index is 355. The molecule has 0 spiro atoms. The third-order valence-corrected chi connectivity index (χ3v) is 2.65. The van der Waals surface area contributed by atoms with Crippen LogP contribution < -0.4 is 0 Å². The van der Waals surface area contributed by atoms with Crippen LogP contribution in [0.2, 0.25) is 0 Å². The Hall–Kier alpha value is -1.32. The van der Waals surface area contributed by atoms with Crippen LogP contribution in [0.5, 0.6) is 0 Å². The van der Waals surface area contributed by atoms with Crippen LogP contribution in [-0.4, -0.2) is 22.4 Å². The van der Waals surface area contributed by atoms with E-state index in [2.05, 4.69) is 5.10 Å². The number of carbonyl (C=O) groups excluding carboxylic acids is 1. The molecular formula is C11H16N2O2. The highest BCUT2D eigenvalue weighted by Crippen LogP contribution is 2.39. The van der Waals surface area contributed by atoms with E-state index in [4.69, 9.17) is 4.74 Å². The average Bonchev–Trinajstić information content (AvgIpc) is 2.96. The first-order chi connectivity index (χ1) is 7.22. The Morgan fingerprint density at radius 1 is 1.73 bits per heavy atom. The van der Waals surface area contributed by atoms with Gasteiger partial charge in [-0.3, -0.25) is 4.68 Å². The van der Waals surface area contributed by atoms with Crippen molar-refractivity contribution in [2.45, 2.75) is 38.6 Å². The number of nitrogens with zero attached hydrogens (tertiary/aromatic N) is 2. The minimum atomic E-state index is -0.322. The van der Waals surface area contributed by atoms with E-state index in [9.17, 15) is 4.79 Å². The van der Waals surface area contributed by atoms with Crippen molar-refractivity contribution in [3.05, 3.63) is 18.0 Å². The van der Waals surface area contributed by atoms with Gasteiger partial charge in [-0.1, -0.05) is 0 Å². The van der Waals surface area contributed by atoms with Crippen molar-refractivity contribution < 1.29 is 9.53 Å². The van der Waals surface area contributed by atoms with Gasteiger partial charge < -0.3 is 4.74 Å². The maximum absolute atomic E-state index is 11.5. The van der Waals surface area contributed by atoms with Gasteiger partial charge in [-0.15, -0.1) is 0 Å². The van der Waals surface area contributed by atoms with Crippen LogP contribution in [0.25, 0.3) is 0 Å². The monoisotopic (exact) mass is 208 g/mol. The molecule has 0 saturated heterocycles. The van der Waals surface area contributed by atoms with Crippen LogP contribution in [0.1, 0.15) is 44.3 Å². The summed E-state index contributed by atoms with van der Waals surface area (Å²) in [5, 5.41) is 4.39. The molecule has 0 unspecified atom stereocenters. The number of ether oxygens (including phenoxy) is 1. The largest absolute Gasteiger partial charge is 0.464 e. The number of esters is 1. The second kappa shape index (κ2) is 4.04. The van der Waals surface area contributed by atoms with Crippen LogP contribution in [0.15, 0.2) is 12.3 Å². The molecule has 1 aromatic rings. The number of hydrogen-bond donors (Lipinski definition) is 0. The van der Waals surface area contributed by atoms with Gasteiger partial charge in [-0.05, 0) is 32.8 Å². The number of carbonyl (C=O) groups is 1. The van der Waals surface area contributed by atoms with Crippen molar-refractivity contribution >= 4 is 5.97 Å². The summed E-state index contributed by atoms with van der Waals surface area (Å²) in [4.78, 5) is 11.5. The fourth-order valence-electron chi connectivity index (χ4n) is 1.54. The predicted molar refractivity (Wildman–Crippen MR) is 55.5 cm³/mol. The van der Waals surface area contributed by atoms with Crippen molar-refractivity contribution in [2.24, 2.45) is 0 Å². The van der Waals surface area contributed by atoms with Crippen molar-refractivity contribution in [2.75, 3.05) is 6.61 Å². The molecule has 0 radical (unpaired) electrons. The average molecular weight is 208 g/mol. The van der Waals surface area contributed by atoms with E-state index >= 15 is 0 Å². The molecule has 1 aromatic heterocycles. The van der Waals surface area contributed by atoms with Crippen molar-refractivity contribution in [3.63, 3.8) is 0 Å². The summed E-state index contributed by atoms with van der Waals surface area (Å²) in [6, 6.07) is 1.67. The molecule has 82 valence electrons. The van der Waals surface area contributed by atoms with Gasteiger partial charge in [0.2, 0.25) is 0 Å². The molecule has 0 amide bonds. The smallest absolute Gasteiger partial charge is 0.330 e. The van der Waals surface area contributed by atoms with Crippen LogP contribution in [0.3, 0.4) is 0 Å². The maximum Gasteiger partial charge on any atom is 0.330 e. The van der Waals surface area contributed by atoms with E-state index in [0.717, 1.165) is 5.69 Å². The van der Waals surface area contributed by atoms with Gasteiger partial charge in [0, 0.05) is 12.1 Å². The zero-order valence-electron chi connectivity index (χ0n) is 9.14. The fourth-order valence-corrected chi connectivity index (χ4v) is 1.54. The molecule has 1 fully saturated rings. The van der Waals surface area contributed by atoms with Gasteiger partial charge in [0.1, 0.15) is 6.04 Å². The van der Waals surface area contributed by atoms with Crippen LogP contribution in [-0.2, 0) is 9.53 Å². The van der Waals surface area contributed by atoms with E-state index in [1.165, 1.54) is 12.8 Å². The highest BCUT2D eigenvalue weighted by Gasteiger charge is 2.27. The molecule has 1 atom stereocenters. The fraction of sp³-hybridized carbons (Fsp3) is 0.636. The number of aromatic nitrogens is 2. The molecular weight excluding hydrogens is 192 g/mol. The first-order valence-corrected chi connectivity index (χ1v) is 5.44. The molecule has 0 N–H and O–H groups in total.